The number of ether oxygens (including phenoxy) is 2. The summed E-state index contributed by atoms with van der Waals surface area (Å²) in [6.07, 6.45) is -0.264. The van der Waals surface area contributed by atoms with Crippen LogP contribution in [0.25, 0.3) is 0 Å². The van der Waals surface area contributed by atoms with Crippen molar-refractivity contribution in [1.82, 2.24) is 10.2 Å². The molecule has 10 nitrogen and oxygen atoms in total. The number of nitro groups is 1. The molecular formula is C22H26N4O6S. The number of benzene rings is 1. The molecule has 0 aliphatic carbocycles. The fraction of sp³-hybridized carbons (Fsp3) is 0.409. The van der Waals surface area contributed by atoms with E-state index < -0.39 is 16.9 Å². The Hall–Kier alpha value is -3.18. The highest BCUT2D eigenvalue weighted by Crippen LogP contribution is 2.45. The number of allylic oxidation sites excluding steroid dienone is 1. The molecule has 11 heteroatoms. The Labute approximate surface area is 195 Å². The van der Waals surface area contributed by atoms with E-state index in [1.54, 1.807) is 40.0 Å². The lowest BCUT2D eigenvalue weighted by molar-refractivity contribution is -0.384. The van der Waals surface area contributed by atoms with Gasteiger partial charge in [0, 0.05) is 31.5 Å². The highest BCUT2D eigenvalue weighted by Gasteiger charge is 2.41. The Morgan fingerprint density at radius 3 is 2.61 bits per heavy atom. The van der Waals surface area contributed by atoms with Crippen molar-refractivity contribution in [2.24, 2.45) is 4.99 Å². The fourth-order valence-electron chi connectivity index (χ4n) is 3.52. The van der Waals surface area contributed by atoms with Gasteiger partial charge in [-0.05, 0) is 43.9 Å². The number of aliphatic imine (C=N–C) groups is 1. The number of nitrogens with zero attached hydrogens (tertiary/aromatic N) is 3. The van der Waals surface area contributed by atoms with Gasteiger partial charge in [0.25, 0.3) is 5.69 Å². The largest absolute Gasteiger partial charge is 0.459 e. The predicted molar refractivity (Wildman–Crippen MR) is 124 cm³/mol. The van der Waals surface area contributed by atoms with Crippen LogP contribution in [-0.2, 0) is 19.1 Å². The minimum absolute atomic E-state index is 0.0560. The van der Waals surface area contributed by atoms with E-state index in [9.17, 15) is 19.7 Å². The van der Waals surface area contributed by atoms with Gasteiger partial charge in [0.05, 0.1) is 41.4 Å². The fourth-order valence-corrected chi connectivity index (χ4v) is 4.49. The molecule has 1 N–H and O–H groups in total. The van der Waals surface area contributed by atoms with Gasteiger partial charge in [0.2, 0.25) is 5.91 Å². The molecule has 1 amide bonds. The number of hydrogen-bond donors (Lipinski definition) is 1. The van der Waals surface area contributed by atoms with Crippen LogP contribution in [0.1, 0.15) is 38.8 Å². The summed E-state index contributed by atoms with van der Waals surface area (Å²) in [5, 5.41) is 16.4. The first-order valence-corrected chi connectivity index (χ1v) is 11.3. The molecule has 1 atom stereocenters. The highest BCUT2D eigenvalue weighted by atomic mass is 32.2. The highest BCUT2D eigenvalue weighted by molar-refractivity contribution is 8.16. The third kappa shape index (κ3) is 5.60. The van der Waals surface area contributed by atoms with Gasteiger partial charge in [-0.2, -0.15) is 0 Å². The van der Waals surface area contributed by atoms with E-state index in [2.05, 4.69) is 10.3 Å². The number of non-ortho nitro benzene ring substituents is 1. The zero-order valence-corrected chi connectivity index (χ0v) is 19.7. The molecule has 2 heterocycles. The van der Waals surface area contributed by atoms with Crippen LogP contribution in [-0.4, -0.2) is 53.2 Å². The zero-order valence-electron chi connectivity index (χ0n) is 18.9. The number of esters is 1. The molecule has 0 bridgehead atoms. The van der Waals surface area contributed by atoms with Crippen molar-refractivity contribution in [2.75, 3.05) is 20.3 Å². The monoisotopic (exact) mass is 474 g/mol. The molecule has 0 saturated carbocycles. The summed E-state index contributed by atoms with van der Waals surface area (Å²) in [5.74, 6) is -0.713. The number of carbonyl (C=O) groups excluding carboxylic acids is 2. The van der Waals surface area contributed by atoms with E-state index in [1.807, 2.05) is 10.3 Å². The molecule has 2 aliphatic rings. The number of amides is 1. The van der Waals surface area contributed by atoms with Gasteiger partial charge >= 0.3 is 5.97 Å². The van der Waals surface area contributed by atoms with Crippen LogP contribution < -0.4 is 5.32 Å². The molecule has 176 valence electrons. The molecule has 0 aromatic heterocycles. The van der Waals surface area contributed by atoms with E-state index in [1.165, 1.54) is 23.9 Å². The average Bonchev–Trinajstić information content (AvgIpc) is 3.14. The lowest BCUT2D eigenvalue weighted by Crippen LogP contribution is -2.38. The first-order chi connectivity index (χ1) is 15.7. The van der Waals surface area contributed by atoms with Crippen LogP contribution >= 0.6 is 11.8 Å². The van der Waals surface area contributed by atoms with Crippen molar-refractivity contribution in [3.05, 3.63) is 62.3 Å². The van der Waals surface area contributed by atoms with Gasteiger partial charge in [0.1, 0.15) is 0 Å². The van der Waals surface area contributed by atoms with Crippen molar-refractivity contribution in [3.8, 4) is 0 Å². The van der Waals surface area contributed by atoms with Crippen molar-refractivity contribution in [1.29, 1.82) is 0 Å². The van der Waals surface area contributed by atoms with Crippen LogP contribution in [0.15, 0.2) is 51.6 Å². The number of nitrogens with one attached hydrogen (secondary N) is 1. The number of amidine groups is 1. The number of thioether (sulfide) groups is 1. The predicted octanol–water partition coefficient (Wildman–Crippen LogP) is 3.27. The molecule has 0 fully saturated rings. The van der Waals surface area contributed by atoms with Crippen LogP contribution in [0.4, 0.5) is 5.69 Å². The van der Waals surface area contributed by atoms with E-state index in [0.717, 1.165) is 0 Å². The van der Waals surface area contributed by atoms with Crippen LogP contribution in [0.5, 0.6) is 0 Å². The molecule has 0 spiro atoms. The standard InChI is InChI=1S/C22H26N4O6S/c1-13(2)32-21(28)19-14(3)24-22-25(17(12-33-22)11-18(27)23-9-10-31-4)20(19)15-5-7-16(8-6-15)26(29)30/h5-8,12-13,20H,9-11H2,1-4H3,(H,23,27)/t20-/m1/s1. The Kier molecular flexibility index (Phi) is 7.88. The number of methoxy groups -OCH3 is 1. The van der Waals surface area contributed by atoms with E-state index in [0.29, 0.717) is 40.8 Å². The molecule has 0 unspecified atom stereocenters. The zero-order chi connectivity index (χ0) is 24.1. The number of fused-ring (bicyclic) bond motifs is 1. The molecule has 33 heavy (non-hydrogen) atoms. The summed E-state index contributed by atoms with van der Waals surface area (Å²) in [6, 6.07) is 5.37. The summed E-state index contributed by atoms with van der Waals surface area (Å²) in [5.41, 5.74) is 2.09. The SMILES string of the molecule is COCCNC(=O)CC1=CSC2=NC(C)=C(C(=O)OC(C)C)[C@@H](c3ccc([N+](=O)[O-])cc3)N12. The summed E-state index contributed by atoms with van der Waals surface area (Å²) < 4.78 is 10.4. The quantitative estimate of drug-likeness (QED) is 0.250. The Morgan fingerprint density at radius 2 is 2.00 bits per heavy atom. The smallest absolute Gasteiger partial charge is 0.338 e. The average molecular weight is 475 g/mol. The summed E-state index contributed by atoms with van der Waals surface area (Å²) in [7, 11) is 1.56. The van der Waals surface area contributed by atoms with Crippen molar-refractivity contribution < 1.29 is 24.0 Å². The number of nitro benzene ring substituents is 1. The number of rotatable bonds is 9. The number of carbonyl (C=O) groups is 2. The van der Waals surface area contributed by atoms with Crippen molar-refractivity contribution in [2.45, 2.75) is 39.3 Å². The Bertz CT molecular complexity index is 1030. The lowest BCUT2D eigenvalue weighted by Gasteiger charge is -2.36. The Balaban J connectivity index is 1.99. The first-order valence-electron chi connectivity index (χ1n) is 10.4. The minimum Gasteiger partial charge on any atom is -0.459 e. The van der Waals surface area contributed by atoms with Gasteiger partial charge < -0.3 is 19.7 Å². The van der Waals surface area contributed by atoms with Gasteiger partial charge in [-0.25, -0.2) is 9.79 Å². The van der Waals surface area contributed by atoms with E-state index in [4.69, 9.17) is 9.47 Å². The maximum absolute atomic E-state index is 13.1. The second kappa shape index (κ2) is 10.6. The number of hydrogen-bond acceptors (Lipinski definition) is 9. The van der Waals surface area contributed by atoms with E-state index >= 15 is 0 Å². The molecule has 2 aliphatic heterocycles. The van der Waals surface area contributed by atoms with Gasteiger partial charge in [-0.1, -0.05) is 11.8 Å². The second-order valence-corrected chi connectivity index (χ2v) is 8.55. The lowest BCUT2D eigenvalue weighted by atomic mass is 9.93. The molecule has 1 aromatic carbocycles. The normalized spacial score (nSPS) is 17.5. The van der Waals surface area contributed by atoms with Crippen molar-refractivity contribution in [3.63, 3.8) is 0 Å². The first kappa shape index (κ1) is 24.5. The third-order valence-electron chi connectivity index (χ3n) is 4.95. The Morgan fingerprint density at radius 1 is 1.30 bits per heavy atom. The van der Waals surface area contributed by atoms with Gasteiger partial charge in [-0.3, -0.25) is 14.9 Å². The van der Waals surface area contributed by atoms with Gasteiger partial charge in [0.15, 0.2) is 5.17 Å². The third-order valence-corrected chi connectivity index (χ3v) is 5.84. The summed E-state index contributed by atoms with van der Waals surface area (Å²) in [6.45, 7) is 6.03. The molecular weight excluding hydrogens is 448 g/mol. The van der Waals surface area contributed by atoms with Crippen LogP contribution in [0, 0.1) is 10.1 Å². The van der Waals surface area contributed by atoms with Crippen LogP contribution in [0.3, 0.4) is 0 Å². The summed E-state index contributed by atoms with van der Waals surface area (Å²) >= 11 is 1.36. The minimum atomic E-state index is -0.641. The molecule has 0 radical (unpaired) electrons. The van der Waals surface area contributed by atoms with Gasteiger partial charge in [-0.15, -0.1) is 0 Å². The van der Waals surface area contributed by atoms with Crippen LogP contribution in [0.2, 0.25) is 0 Å². The molecule has 3 rings (SSSR count). The van der Waals surface area contributed by atoms with Crippen molar-refractivity contribution >= 4 is 34.5 Å². The topological polar surface area (TPSA) is 123 Å². The molecule has 1 aromatic rings. The summed E-state index contributed by atoms with van der Waals surface area (Å²) in [4.78, 5) is 42.6. The second-order valence-electron chi connectivity index (χ2n) is 7.72. The maximum atomic E-state index is 13.1. The van der Waals surface area contributed by atoms with E-state index in [-0.39, 0.29) is 24.1 Å². The maximum Gasteiger partial charge on any atom is 0.338 e. The molecule has 0 saturated heterocycles.